The number of benzene rings is 2. The number of hydrogen-bond donors (Lipinski definition) is 2. The van der Waals surface area contributed by atoms with Gasteiger partial charge in [-0.25, -0.2) is 0 Å². The predicted octanol–water partition coefficient (Wildman–Crippen LogP) is 10.5. The molecule has 45 heavy (non-hydrogen) atoms. The van der Waals surface area contributed by atoms with Gasteiger partial charge in [0.05, 0.1) is 39.6 Å². The molecular weight excluding hydrogens is 734 g/mol. The Kier molecular flexibility index (Phi) is 25.1. The van der Waals surface area contributed by atoms with E-state index >= 15 is 0 Å². The van der Waals surface area contributed by atoms with Gasteiger partial charge in [-0.15, -0.1) is 0 Å². The molecule has 2 aromatic carbocycles. The van der Waals surface area contributed by atoms with E-state index in [1.165, 1.54) is 0 Å². The SMILES string of the molecule is C.C.CC.CC(C)(CO)CO.CC1(C)COP(c2ccccc2P2OCC(C)(C)CO2)OC1.ClP(Cl)c1ccccc1P(Cl)Cl. The van der Waals surface area contributed by atoms with Gasteiger partial charge in [0, 0.05) is 37.5 Å². The maximum absolute atomic E-state index is 8.43. The quantitative estimate of drug-likeness (QED) is 0.284. The van der Waals surface area contributed by atoms with Crippen molar-refractivity contribution in [3.63, 3.8) is 0 Å². The summed E-state index contributed by atoms with van der Waals surface area (Å²) in [6.07, 6.45) is 0. The Bertz CT molecular complexity index is 980. The second kappa shape index (κ2) is 23.5. The lowest BCUT2D eigenvalue weighted by Gasteiger charge is -2.37. The largest absolute Gasteiger partial charge is 0.396 e. The third-order valence-electron chi connectivity index (χ3n) is 5.67. The van der Waals surface area contributed by atoms with Gasteiger partial charge in [-0.1, -0.05) is 152 Å². The minimum absolute atomic E-state index is 0. The molecule has 2 aliphatic rings. The lowest BCUT2D eigenvalue weighted by molar-refractivity contribution is 0.0643. The molecule has 262 valence electrons. The Hall–Kier alpha value is 1.08. The Labute approximate surface area is 297 Å². The summed E-state index contributed by atoms with van der Waals surface area (Å²) in [5.74, 6) is 0. The number of hydrogen-bond acceptors (Lipinski definition) is 6. The van der Waals surface area contributed by atoms with E-state index in [9.17, 15) is 0 Å². The van der Waals surface area contributed by atoms with E-state index in [2.05, 4.69) is 39.8 Å². The van der Waals surface area contributed by atoms with E-state index in [1.54, 1.807) is 13.8 Å². The minimum atomic E-state index is -1.16. The second-order valence-corrected chi connectivity index (χ2v) is 21.9. The molecule has 0 saturated carbocycles. The summed E-state index contributed by atoms with van der Waals surface area (Å²) in [4.78, 5) is 0. The van der Waals surface area contributed by atoms with Crippen LogP contribution in [0.25, 0.3) is 0 Å². The van der Waals surface area contributed by atoms with Crippen molar-refractivity contribution in [1.82, 2.24) is 0 Å². The molecule has 0 radical (unpaired) electrons. The van der Waals surface area contributed by atoms with Crippen molar-refractivity contribution < 1.29 is 28.3 Å². The van der Waals surface area contributed by atoms with Gasteiger partial charge < -0.3 is 28.3 Å². The van der Waals surface area contributed by atoms with E-state index in [0.717, 1.165) is 47.6 Å². The van der Waals surface area contributed by atoms with E-state index in [4.69, 9.17) is 73.3 Å². The molecule has 0 spiro atoms. The van der Waals surface area contributed by atoms with Gasteiger partial charge in [0.2, 0.25) is 16.8 Å². The first-order valence-corrected chi connectivity index (χ1v) is 22.5. The lowest BCUT2D eigenvalue weighted by atomic mass is 9.97. The minimum Gasteiger partial charge on any atom is -0.396 e. The van der Waals surface area contributed by atoms with Crippen molar-refractivity contribution in [3.05, 3.63) is 48.5 Å². The second-order valence-electron chi connectivity index (χ2n) is 11.9. The van der Waals surface area contributed by atoms with Crippen LogP contribution < -0.4 is 21.2 Å². The highest BCUT2D eigenvalue weighted by Gasteiger charge is 2.35. The monoisotopic (exact) mass is 786 g/mol. The first kappa shape index (κ1) is 48.2. The molecule has 2 fully saturated rings. The van der Waals surface area contributed by atoms with E-state index in [-0.39, 0.29) is 44.3 Å². The van der Waals surface area contributed by atoms with Gasteiger partial charge in [0.25, 0.3) is 0 Å². The maximum atomic E-state index is 8.43. The maximum Gasteiger partial charge on any atom is 0.205 e. The molecule has 6 nitrogen and oxygen atoms in total. The van der Waals surface area contributed by atoms with Crippen LogP contribution in [0.3, 0.4) is 0 Å². The molecule has 2 aliphatic heterocycles. The summed E-state index contributed by atoms with van der Waals surface area (Å²) < 4.78 is 24.0. The molecular formula is C31H54Cl4O6P4. The first-order chi connectivity index (χ1) is 20.1. The summed E-state index contributed by atoms with van der Waals surface area (Å²) in [5, 5.41) is 20.8. The normalized spacial score (nSPS) is 17.7. The van der Waals surface area contributed by atoms with Crippen molar-refractivity contribution in [3.8, 4) is 0 Å². The van der Waals surface area contributed by atoms with E-state index in [0.29, 0.717) is 0 Å². The molecule has 2 saturated heterocycles. The van der Waals surface area contributed by atoms with Crippen molar-refractivity contribution in [2.45, 2.75) is 70.2 Å². The zero-order valence-electron chi connectivity index (χ0n) is 26.2. The van der Waals surface area contributed by atoms with Crippen LogP contribution in [0.5, 0.6) is 0 Å². The number of aliphatic hydroxyl groups excluding tert-OH is 2. The fourth-order valence-corrected chi connectivity index (χ4v) is 10.9. The molecule has 0 atom stereocenters. The standard InChI is InChI=1S/C16H24O4P2.C6H4Cl4P2.C5H12O2.C2H6.2CH4/c1-15(2)9-17-21(18-10-15)13-7-5-6-8-14(13)22-19-11-16(3,4)12-20-22;7-11(8)5-3-1-2-4-6(5)12(9)10;1-5(2,3-6)4-7;1-2;;/h5-8H,9-12H2,1-4H3;1-4H;6-7H,3-4H2,1-2H3;1-2H3;2*1H4. The highest BCUT2D eigenvalue weighted by Crippen LogP contribution is 2.51. The summed E-state index contributed by atoms with van der Waals surface area (Å²) in [6.45, 7) is 16.9. The Morgan fingerprint density at radius 3 is 1.13 bits per heavy atom. The first-order valence-electron chi connectivity index (χ1n) is 13.9. The highest BCUT2D eigenvalue weighted by molar-refractivity contribution is 8.13. The molecule has 0 bridgehead atoms. The highest BCUT2D eigenvalue weighted by atomic mass is 35.9. The van der Waals surface area contributed by atoms with Crippen LogP contribution in [-0.4, -0.2) is 49.9 Å². The van der Waals surface area contributed by atoms with Gasteiger partial charge in [-0.3, -0.25) is 0 Å². The summed E-state index contributed by atoms with van der Waals surface area (Å²) in [6, 6.07) is 15.6. The van der Waals surface area contributed by atoms with Crippen molar-refractivity contribution >= 4 is 96.2 Å². The van der Waals surface area contributed by atoms with Crippen LogP contribution in [0, 0.1) is 16.2 Å². The summed E-state index contributed by atoms with van der Waals surface area (Å²) >= 11 is 23.1. The van der Waals surface area contributed by atoms with Crippen LogP contribution in [0.2, 0.25) is 0 Å². The molecule has 2 aromatic rings. The third-order valence-corrected chi connectivity index (χ3v) is 12.7. The molecule has 0 aromatic heterocycles. The summed E-state index contributed by atoms with van der Waals surface area (Å²) in [7, 11) is -2.08. The van der Waals surface area contributed by atoms with Gasteiger partial charge >= 0.3 is 0 Å². The number of aliphatic hydroxyl groups is 2. The Morgan fingerprint density at radius 2 is 0.911 bits per heavy atom. The number of rotatable bonds is 6. The molecule has 2 N–H and O–H groups in total. The zero-order valence-corrected chi connectivity index (χ0v) is 32.8. The number of halogens is 4. The fourth-order valence-electron chi connectivity index (χ4n) is 2.94. The van der Waals surface area contributed by atoms with E-state index < -0.39 is 30.0 Å². The van der Waals surface area contributed by atoms with Crippen molar-refractivity contribution in [2.75, 3.05) is 39.6 Å². The third kappa shape index (κ3) is 17.5. The molecule has 14 heteroatoms. The fraction of sp³-hybridized carbons (Fsp3) is 0.613. The average molecular weight is 788 g/mol. The molecule has 0 unspecified atom stereocenters. The topological polar surface area (TPSA) is 77.4 Å². The van der Waals surface area contributed by atoms with Gasteiger partial charge in [-0.05, 0) is 12.1 Å². The van der Waals surface area contributed by atoms with Crippen LogP contribution >= 0.6 is 75.0 Å². The smallest absolute Gasteiger partial charge is 0.205 e. The predicted molar refractivity (Wildman–Crippen MR) is 207 cm³/mol. The van der Waals surface area contributed by atoms with Gasteiger partial charge in [0.1, 0.15) is 13.3 Å². The van der Waals surface area contributed by atoms with Crippen LogP contribution in [0.1, 0.15) is 70.2 Å². The molecule has 2 heterocycles. The van der Waals surface area contributed by atoms with Crippen LogP contribution in [0.4, 0.5) is 0 Å². The molecule has 4 rings (SSSR count). The summed E-state index contributed by atoms with van der Waals surface area (Å²) in [5.41, 5.74) is -0.137. The van der Waals surface area contributed by atoms with E-state index in [1.807, 2.05) is 50.2 Å². The van der Waals surface area contributed by atoms with Crippen LogP contribution in [0.15, 0.2) is 48.5 Å². The van der Waals surface area contributed by atoms with Gasteiger partial charge in [-0.2, -0.15) is 0 Å². The van der Waals surface area contributed by atoms with Gasteiger partial charge in [0.15, 0.2) is 0 Å². The molecule has 0 amide bonds. The van der Waals surface area contributed by atoms with Crippen molar-refractivity contribution in [2.24, 2.45) is 16.2 Å². The van der Waals surface area contributed by atoms with Crippen LogP contribution in [-0.2, 0) is 18.1 Å². The Balaban J connectivity index is 0. The lowest BCUT2D eigenvalue weighted by Crippen LogP contribution is -2.36. The zero-order chi connectivity index (χ0) is 32.8. The average Bonchev–Trinajstić information content (AvgIpc) is 2.99. The Morgan fingerprint density at radius 1 is 0.644 bits per heavy atom. The van der Waals surface area contributed by atoms with Crippen molar-refractivity contribution in [1.29, 1.82) is 0 Å². The molecule has 0 aliphatic carbocycles.